The minimum atomic E-state index is -0.0770. The minimum absolute atomic E-state index is 0.0770. The third-order valence-corrected chi connectivity index (χ3v) is 3.18. The van der Waals surface area contributed by atoms with Crippen LogP contribution >= 0.6 is 0 Å². The van der Waals surface area contributed by atoms with Crippen LogP contribution in [0, 0.1) is 5.92 Å². The zero-order valence-corrected chi connectivity index (χ0v) is 10.0. The van der Waals surface area contributed by atoms with Gasteiger partial charge < -0.3 is 4.74 Å². The first-order chi connectivity index (χ1) is 7.83. The molecule has 0 aliphatic heterocycles. The number of rotatable bonds is 8. The van der Waals surface area contributed by atoms with Gasteiger partial charge in [0, 0.05) is 19.6 Å². The van der Waals surface area contributed by atoms with Crippen LogP contribution in [0.5, 0.6) is 0 Å². The van der Waals surface area contributed by atoms with Crippen LogP contribution in [0.25, 0.3) is 0 Å². The highest BCUT2D eigenvalue weighted by atomic mass is 16.5. The molecule has 1 saturated carbocycles. The van der Waals surface area contributed by atoms with Crippen molar-refractivity contribution in [1.82, 2.24) is 5.43 Å². The summed E-state index contributed by atoms with van der Waals surface area (Å²) in [5, 5.41) is 0. The highest BCUT2D eigenvalue weighted by Gasteiger charge is 2.14. The van der Waals surface area contributed by atoms with Crippen LogP contribution in [0.2, 0.25) is 0 Å². The molecule has 0 heterocycles. The van der Waals surface area contributed by atoms with Crippen LogP contribution in [-0.4, -0.2) is 19.1 Å². The maximum absolute atomic E-state index is 10.8. The molecule has 4 heteroatoms. The van der Waals surface area contributed by atoms with E-state index in [2.05, 4.69) is 5.43 Å². The van der Waals surface area contributed by atoms with Gasteiger partial charge in [0.05, 0.1) is 0 Å². The van der Waals surface area contributed by atoms with Gasteiger partial charge in [-0.1, -0.05) is 19.3 Å². The monoisotopic (exact) mass is 228 g/mol. The van der Waals surface area contributed by atoms with Crippen molar-refractivity contribution in [3.8, 4) is 0 Å². The van der Waals surface area contributed by atoms with Crippen molar-refractivity contribution in [1.29, 1.82) is 0 Å². The average Bonchev–Trinajstić information content (AvgIpc) is 2.80. The zero-order chi connectivity index (χ0) is 11.6. The van der Waals surface area contributed by atoms with Crippen LogP contribution in [0.3, 0.4) is 0 Å². The van der Waals surface area contributed by atoms with Gasteiger partial charge in [0.25, 0.3) is 0 Å². The number of carbonyl (C=O) groups excluding carboxylic acids is 1. The first-order valence-electron chi connectivity index (χ1n) is 6.40. The lowest BCUT2D eigenvalue weighted by Gasteiger charge is -2.09. The molecule has 1 amide bonds. The third kappa shape index (κ3) is 6.08. The fourth-order valence-corrected chi connectivity index (χ4v) is 2.17. The predicted octanol–water partition coefficient (Wildman–Crippen LogP) is 1.74. The maximum Gasteiger partial charge on any atom is 0.233 e. The van der Waals surface area contributed by atoms with Gasteiger partial charge in [0.15, 0.2) is 0 Å². The van der Waals surface area contributed by atoms with Gasteiger partial charge in [-0.2, -0.15) is 0 Å². The number of carbonyl (C=O) groups is 1. The van der Waals surface area contributed by atoms with E-state index in [4.69, 9.17) is 10.6 Å². The van der Waals surface area contributed by atoms with E-state index in [1.54, 1.807) is 0 Å². The number of hydrogen-bond donors (Lipinski definition) is 2. The molecule has 94 valence electrons. The summed E-state index contributed by atoms with van der Waals surface area (Å²) < 4.78 is 5.63. The number of amides is 1. The Hall–Kier alpha value is -0.610. The van der Waals surface area contributed by atoms with Gasteiger partial charge in [-0.15, -0.1) is 0 Å². The standard InChI is InChI=1S/C12H24N2O2/c13-14-12(15)8-2-1-5-9-16-10-11-6-3-4-7-11/h11H,1-10,13H2,(H,14,15). The second kappa shape index (κ2) is 8.53. The second-order valence-electron chi connectivity index (χ2n) is 4.60. The topological polar surface area (TPSA) is 64.3 Å². The van der Waals surface area contributed by atoms with E-state index in [0.717, 1.165) is 38.4 Å². The molecular weight excluding hydrogens is 204 g/mol. The average molecular weight is 228 g/mol. The molecule has 1 rings (SSSR count). The molecule has 1 aliphatic carbocycles. The first-order valence-corrected chi connectivity index (χ1v) is 6.40. The van der Waals surface area contributed by atoms with Gasteiger partial charge in [-0.25, -0.2) is 5.84 Å². The number of hydrogen-bond acceptors (Lipinski definition) is 3. The summed E-state index contributed by atoms with van der Waals surface area (Å²) in [5.74, 6) is 5.71. The molecule has 3 N–H and O–H groups in total. The van der Waals surface area contributed by atoms with Crippen LogP contribution in [-0.2, 0) is 9.53 Å². The lowest BCUT2D eigenvalue weighted by atomic mass is 10.1. The number of ether oxygens (including phenoxy) is 1. The van der Waals surface area contributed by atoms with Crippen molar-refractivity contribution in [2.45, 2.75) is 51.4 Å². The van der Waals surface area contributed by atoms with Crippen molar-refractivity contribution in [3.05, 3.63) is 0 Å². The molecule has 1 aliphatic rings. The van der Waals surface area contributed by atoms with E-state index in [9.17, 15) is 4.79 Å². The number of nitrogens with one attached hydrogen (secondary N) is 1. The summed E-state index contributed by atoms with van der Waals surface area (Å²) in [6.45, 7) is 1.77. The Morgan fingerprint density at radius 1 is 1.25 bits per heavy atom. The first kappa shape index (κ1) is 13.5. The molecule has 0 aromatic carbocycles. The van der Waals surface area contributed by atoms with Crippen molar-refractivity contribution in [2.24, 2.45) is 11.8 Å². The minimum Gasteiger partial charge on any atom is -0.381 e. The molecule has 0 bridgehead atoms. The summed E-state index contributed by atoms with van der Waals surface area (Å²) in [7, 11) is 0. The molecule has 0 unspecified atom stereocenters. The van der Waals surface area contributed by atoms with Crippen molar-refractivity contribution in [3.63, 3.8) is 0 Å². The Bertz CT molecular complexity index is 191. The molecule has 4 nitrogen and oxygen atoms in total. The summed E-state index contributed by atoms with van der Waals surface area (Å²) in [4.78, 5) is 10.8. The van der Waals surface area contributed by atoms with Gasteiger partial charge >= 0.3 is 0 Å². The SMILES string of the molecule is NNC(=O)CCCCCOCC1CCCC1. The van der Waals surface area contributed by atoms with Crippen LogP contribution in [0.1, 0.15) is 51.4 Å². The molecule has 1 fully saturated rings. The predicted molar refractivity (Wildman–Crippen MR) is 63.6 cm³/mol. The number of unbranched alkanes of at least 4 members (excludes halogenated alkanes) is 2. The van der Waals surface area contributed by atoms with Gasteiger partial charge in [-0.3, -0.25) is 10.2 Å². The molecule has 16 heavy (non-hydrogen) atoms. The van der Waals surface area contributed by atoms with Crippen molar-refractivity contribution < 1.29 is 9.53 Å². The Balaban J connectivity index is 1.79. The van der Waals surface area contributed by atoms with Crippen LogP contribution in [0.15, 0.2) is 0 Å². The Labute approximate surface area is 97.9 Å². The van der Waals surface area contributed by atoms with Crippen LogP contribution < -0.4 is 11.3 Å². The zero-order valence-electron chi connectivity index (χ0n) is 10.0. The summed E-state index contributed by atoms with van der Waals surface area (Å²) in [6, 6.07) is 0. The molecule has 0 spiro atoms. The molecule has 0 aromatic rings. The van der Waals surface area contributed by atoms with Crippen molar-refractivity contribution >= 4 is 5.91 Å². The van der Waals surface area contributed by atoms with Gasteiger partial charge in [0.1, 0.15) is 0 Å². The lowest BCUT2D eigenvalue weighted by Crippen LogP contribution is -2.29. The van der Waals surface area contributed by atoms with E-state index in [0.29, 0.717) is 6.42 Å². The normalized spacial score (nSPS) is 16.6. The number of hydrazine groups is 1. The molecule has 0 aromatic heterocycles. The summed E-state index contributed by atoms with van der Waals surface area (Å²) >= 11 is 0. The van der Waals surface area contributed by atoms with E-state index in [1.807, 2.05) is 0 Å². The van der Waals surface area contributed by atoms with E-state index >= 15 is 0 Å². The fourth-order valence-electron chi connectivity index (χ4n) is 2.17. The Kier molecular flexibility index (Phi) is 7.17. The third-order valence-electron chi connectivity index (χ3n) is 3.18. The largest absolute Gasteiger partial charge is 0.381 e. The molecule has 0 radical (unpaired) electrons. The second-order valence-corrected chi connectivity index (χ2v) is 4.60. The van der Waals surface area contributed by atoms with E-state index in [-0.39, 0.29) is 5.91 Å². The molecule has 0 atom stereocenters. The maximum atomic E-state index is 10.8. The quantitative estimate of drug-likeness (QED) is 0.288. The fraction of sp³-hybridized carbons (Fsp3) is 0.917. The van der Waals surface area contributed by atoms with E-state index in [1.165, 1.54) is 25.7 Å². The lowest BCUT2D eigenvalue weighted by molar-refractivity contribution is -0.121. The molecular formula is C12H24N2O2. The Morgan fingerprint density at radius 3 is 2.69 bits per heavy atom. The van der Waals surface area contributed by atoms with Gasteiger partial charge in [0.2, 0.25) is 5.91 Å². The number of nitrogens with two attached hydrogens (primary N) is 1. The summed E-state index contributed by atoms with van der Waals surface area (Å²) in [6.07, 6.45) is 8.95. The van der Waals surface area contributed by atoms with Crippen molar-refractivity contribution in [2.75, 3.05) is 13.2 Å². The van der Waals surface area contributed by atoms with Crippen LogP contribution in [0.4, 0.5) is 0 Å². The highest BCUT2D eigenvalue weighted by molar-refractivity contribution is 5.74. The van der Waals surface area contributed by atoms with Gasteiger partial charge in [-0.05, 0) is 31.6 Å². The highest BCUT2D eigenvalue weighted by Crippen LogP contribution is 2.24. The smallest absolute Gasteiger partial charge is 0.233 e. The summed E-state index contributed by atoms with van der Waals surface area (Å²) in [5.41, 5.74) is 2.13. The van der Waals surface area contributed by atoms with E-state index < -0.39 is 0 Å². The molecule has 0 saturated heterocycles. The Morgan fingerprint density at radius 2 is 2.00 bits per heavy atom.